The van der Waals surface area contributed by atoms with Crippen LogP contribution in [0.4, 0.5) is 0 Å². The fraction of sp³-hybridized carbons (Fsp3) is 0.211. The molecule has 25 heavy (non-hydrogen) atoms. The second kappa shape index (κ2) is 7.17. The topological polar surface area (TPSA) is 92.3 Å². The number of hydrogen-bond donors (Lipinski definition) is 2. The summed E-state index contributed by atoms with van der Waals surface area (Å²) in [6.07, 6.45) is 2.16. The zero-order chi connectivity index (χ0) is 17.8. The van der Waals surface area contributed by atoms with E-state index in [0.717, 1.165) is 24.2 Å². The molecule has 0 fully saturated rings. The van der Waals surface area contributed by atoms with Crippen LogP contribution in [0.25, 0.3) is 10.9 Å². The fourth-order valence-electron chi connectivity index (χ4n) is 2.80. The van der Waals surface area contributed by atoms with Crippen molar-refractivity contribution in [2.24, 2.45) is 0 Å². The molecule has 0 saturated heterocycles. The highest BCUT2D eigenvalue weighted by Crippen LogP contribution is 2.19. The number of benzene rings is 2. The standard InChI is InChI=1S/C19H18N2O4/c1-25-16-7-3-2-5-12(16)6-4-8-17-20-15-11-13(19(23)24)9-10-14(15)18(22)21-17/h2-3,5,7,9-11H,4,6,8H2,1H3,(H,23,24)(H,20,21,22). The normalized spacial score (nSPS) is 10.8. The van der Waals surface area contributed by atoms with E-state index in [1.807, 2.05) is 24.3 Å². The van der Waals surface area contributed by atoms with Gasteiger partial charge in [-0.1, -0.05) is 18.2 Å². The Kier molecular flexibility index (Phi) is 4.79. The number of carboxylic acids is 1. The van der Waals surface area contributed by atoms with Gasteiger partial charge in [0.2, 0.25) is 0 Å². The number of nitrogens with zero attached hydrogens (tertiary/aromatic N) is 1. The molecule has 1 aromatic heterocycles. The zero-order valence-corrected chi connectivity index (χ0v) is 13.8. The molecule has 0 radical (unpaired) electrons. The number of rotatable bonds is 6. The highest BCUT2D eigenvalue weighted by molar-refractivity contribution is 5.92. The summed E-state index contributed by atoms with van der Waals surface area (Å²) in [5.74, 6) is 0.352. The molecule has 0 amide bonds. The van der Waals surface area contributed by atoms with E-state index >= 15 is 0 Å². The molecule has 0 bridgehead atoms. The van der Waals surface area contributed by atoms with Gasteiger partial charge in [-0.3, -0.25) is 4.79 Å². The molecule has 6 nitrogen and oxygen atoms in total. The van der Waals surface area contributed by atoms with Crippen molar-refractivity contribution >= 4 is 16.9 Å². The van der Waals surface area contributed by atoms with Gasteiger partial charge < -0.3 is 14.8 Å². The van der Waals surface area contributed by atoms with Crippen LogP contribution in [0.5, 0.6) is 5.75 Å². The average Bonchev–Trinajstić information content (AvgIpc) is 2.61. The van der Waals surface area contributed by atoms with Crippen LogP contribution in [0.1, 0.15) is 28.2 Å². The number of nitrogens with one attached hydrogen (secondary N) is 1. The Balaban J connectivity index is 1.79. The Morgan fingerprint density at radius 2 is 2.00 bits per heavy atom. The maximum absolute atomic E-state index is 12.2. The summed E-state index contributed by atoms with van der Waals surface area (Å²) < 4.78 is 5.33. The molecule has 0 unspecified atom stereocenters. The number of methoxy groups -OCH3 is 1. The SMILES string of the molecule is COc1ccccc1CCCc1nc2cc(C(=O)O)ccc2c(=O)[nH]1. The van der Waals surface area contributed by atoms with Crippen LogP contribution in [0.3, 0.4) is 0 Å². The lowest BCUT2D eigenvalue weighted by atomic mass is 10.1. The monoisotopic (exact) mass is 338 g/mol. The highest BCUT2D eigenvalue weighted by Gasteiger charge is 2.09. The molecule has 3 aromatic rings. The van der Waals surface area contributed by atoms with Gasteiger partial charge >= 0.3 is 5.97 Å². The molecule has 0 saturated carbocycles. The lowest BCUT2D eigenvalue weighted by Crippen LogP contribution is -2.13. The number of carbonyl (C=O) groups is 1. The Hall–Kier alpha value is -3.15. The van der Waals surface area contributed by atoms with Gasteiger partial charge in [0.15, 0.2) is 0 Å². The zero-order valence-electron chi connectivity index (χ0n) is 13.8. The van der Waals surface area contributed by atoms with E-state index in [0.29, 0.717) is 23.1 Å². The number of fused-ring (bicyclic) bond motifs is 1. The summed E-state index contributed by atoms with van der Waals surface area (Å²) in [6, 6.07) is 12.1. The number of H-pyrrole nitrogens is 1. The molecule has 0 atom stereocenters. The summed E-state index contributed by atoms with van der Waals surface area (Å²) in [4.78, 5) is 30.4. The minimum absolute atomic E-state index is 0.116. The minimum Gasteiger partial charge on any atom is -0.496 e. The second-order valence-corrected chi connectivity index (χ2v) is 5.72. The summed E-state index contributed by atoms with van der Waals surface area (Å²) >= 11 is 0. The highest BCUT2D eigenvalue weighted by atomic mass is 16.5. The smallest absolute Gasteiger partial charge is 0.335 e. The van der Waals surface area contributed by atoms with Crippen molar-refractivity contribution in [3.8, 4) is 5.75 Å². The number of hydrogen-bond acceptors (Lipinski definition) is 4. The predicted octanol–water partition coefficient (Wildman–Crippen LogP) is 2.81. The van der Waals surface area contributed by atoms with Crippen LogP contribution in [-0.4, -0.2) is 28.2 Å². The minimum atomic E-state index is -1.04. The van der Waals surface area contributed by atoms with Gasteiger partial charge in [0, 0.05) is 6.42 Å². The summed E-state index contributed by atoms with van der Waals surface area (Å²) in [7, 11) is 1.64. The second-order valence-electron chi connectivity index (χ2n) is 5.72. The quantitative estimate of drug-likeness (QED) is 0.721. The molecule has 128 valence electrons. The van der Waals surface area contributed by atoms with Crippen LogP contribution in [0, 0.1) is 0 Å². The van der Waals surface area contributed by atoms with Gasteiger partial charge in [-0.15, -0.1) is 0 Å². The van der Waals surface area contributed by atoms with Crippen molar-refractivity contribution in [1.82, 2.24) is 9.97 Å². The van der Waals surface area contributed by atoms with Crippen molar-refractivity contribution < 1.29 is 14.6 Å². The molecule has 2 N–H and O–H groups in total. The van der Waals surface area contributed by atoms with Crippen LogP contribution in [0.15, 0.2) is 47.3 Å². The lowest BCUT2D eigenvalue weighted by Gasteiger charge is -2.08. The van der Waals surface area contributed by atoms with E-state index in [9.17, 15) is 9.59 Å². The van der Waals surface area contributed by atoms with Gasteiger partial charge in [0.05, 0.1) is 23.6 Å². The van der Waals surface area contributed by atoms with E-state index in [2.05, 4.69) is 9.97 Å². The largest absolute Gasteiger partial charge is 0.496 e. The Morgan fingerprint density at radius 3 is 2.76 bits per heavy atom. The van der Waals surface area contributed by atoms with Gasteiger partial charge in [-0.05, 0) is 42.7 Å². The molecule has 6 heteroatoms. The number of para-hydroxylation sites is 1. The Morgan fingerprint density at radius 1 is 1.20 bits per heavy atom. The van der Waals surface area contributed by atoms with Crippen molar-refractivity contribution in [3.05, 3.63) is 69.8 Å². The van der Waals surface area contributed by atoms with Gasteiger partial charge in [-0.25, -0.2) is 9.78 Å². The average molecular weight is 338 g/mol. The first-order chi connectivity index (χ1) is 12.1. The molecule has 2 aromatic carbocycles. The first-order valence-corrected chi connectivity index (χ1v) is 7.96. The van der Waals surface area contributed by atoms with Crippen LogP contribution >= 0.6 is 0 Å². The summed E-state index contributed by atoms with van der Waals surface area (Å²) in [6.45, 7) is 0. The first kappa shape index (κ1) is 16.7. The van der Waals surface area contributed by atoms with Crippen molar-refractivity contribution in [1.29, 1.82) is 0 Å². The number of aromatic nitrogens is 2. The molecular formula is C19H18N2O4. The van der Waals surface area contributed by atoms with Gasteiger partial charge in [-0.2, -0.15) is 0 Å². The van der Waals surface area contributed by atoms with E-state index < -0.39 is 5.97 Å². The molecule has 3 rings (SSSR count). The van der Waals surface area contributed by atoms with Crippen molar-refractivity contribution in [2.45, 2.75) is 19.3 Å². The molecule has 0 aliphatic carbocycles. The summed E-state index contributed by atoms with van der Waals surface area (Å²) in [5.41, 5.74) is 1.36. The number of carboxylic acid groups (broad SMARTS) is 1. The molecule has 1 heterocycles. The van der Waals surface area contributed by atoms with Crippen LogP contribution in [-0.2, 0) is 12.8 Å². The number of ether oxygens (including phenoxy) is 1. The fourth-order valence-corrected chi connectivity index (χ4v) is 2.80. The van der Waals surface area contributed by atoms with E-state index in [1.54, 1.807) is 7.11 Å². The Bertz CT molecular complexity index is 979. The third-order valence-corrected chi connectivity index (χ3v) is 4.05. The van der Waals surface area contributed by atoms with Gasteiger partial charge in [0.25, 0.3) is 5.56 Å². The molecule has 0 aliphatic heterocycles. The maximum atomic E-state index is 12.2. The number of aromatic carboxylic acids is 1. The van der Waals surface area contributed by atoms with Crippen LogP contribution < -0.4 is 10.3 Å². The third kappa shape index (κ3) is 3.68. The maximum Gasteiger partial charge on any atom is 0.335 e. The molecular weight excluding hydrogens is 320 g/mol. The molecule has 0 spiro atoms. The first-order valence-electron chi connectivity index (χ1n) is 7.96. The van der Waals surface area contributed by atoms with E-state index in [-0.39, 0.29) is 11.1 Å². The van der Waals surface area contributed by atoms with E-state index in [4.69, 9.17) is 9.84 Å². The van der Waals surface area contributed by atoms with Crippen molar-refractivity contribution in [3.63, 3.8) is 0 Å². The van der Waals surface area contributed by atoms with Gasteiger partial charge in [0.1, 0.15) is 11.6 Å². The van der Waals surface area contributed by atoms with Crippen molar-refractivity contribution in [2.75, 3.05) is 7.11 Å². The number of aryl methyl sites for hydroxylation is 2. The predicted molar refractivity (Wildman–Crippen MR) is 94.3 cm³/mol. The van der Waals surface area contributed by atoms with E-state index in [1.165, 1.54) is 18.2 Å². The van der Waals surface area contributed by atoms with Crippen LogP contribution in [0.2, 0.25) is 0 Å². The summed E-state index contributed by atoms with van der Waals surface area (Å²) in [5, 5.41) is 9.46. The number of aromatic amines is 1. The Labute approximate surface area is 144 Å². The lowest BCUT2D eigenvalue weighted by molar-refractivity contribution is 0.0697. The molecule has 0 aliphatic rings. The third-order valence-electron chi connectivity index (χ3n) is 4.05.